The molecule has 0 amide bonds. The van der Waals surface area contributed by atoms with Gasteiger partial charge in [-0.2, -0.15) is 0 Å². The van der Waals surface area contributed by atoms with Crippen LogP contribution in [0.4, 0.5) is 0 Å². The molecule has 0 aromatic heterocycles. The van der Waals surface area contributed by atoms with Crippen LogP contribution in [-0.4, -0.2) is 31.1 Å². The largest absolute Gasteiger partial charge is 0.314 e. The molecule has 1 N–H and O–H groups in total. The summed E-state index contributed by atoms with van der Waals surface area (Å²) in [6.45, 7) is 6.82. The van der Waals surface area contributed by atoms with Crippen LogP contribution in [0.1, 0.15) is 44.2 Å². The minimum Gasteiger partial charge on any atom is -0.314 e. The minimum atomic E-state index is 0. The first-order chi connectivity index (χ1) is 13.9. The van der Waals surface area contributed by atoms with Gasteiger partial charge < -0.3 is 5.32 Å². The lowest BCUT2D eigenvalue weighted by Gasteiger charge is -2.36. The van der Waals surface area contributed by atoms with Crippen molar-refractivity contribution in [1.82, 2.24) is 10.2 Å². The van der Waals surface area contributed by atoms with Crippen molar-refractivity contribution >= 4 is 57.1 Å². The first-order valence-corrected chi connectivity index (χ1v) is 11.0. The zero-order valence-electron chi connectivity index (χ0n) is 17.7. The van der Waals surface area contributed by atoms with E-state index < -0.39 is 0 Å². The standard InChI is InChI=1S/C26H30N2.2ClH/c1-2-3-4-8-24(28-17-15-27-16-18-28)22-13-11-21-10-9-19-6-5-7-20-12-14-23(22)26(21)25(19)20;;/h5-7,9-14,24,27H,2-4,8,15-18H2,1H3;2*1H/t24-;;/m0../s1. The van der Waals surface area contributed by atoms with Gasteiger partial charge in [0.05, 0.1) is 0 Å². The monoisotopic (exact) mass is 442 g/mol. The Morgan fingerprint density at radius 2 is 1.43 bits per heavy atom. The lowest BCUT2D eigenvalue weighted by Crippen LogP contribution is -2.45. The summed E-state index contributed by atoms with van der Waals surface area (Å²) in [5.74, 6) is 0. The summed E-state index contributed by atoms with van der Waals surface area (Å²) in [5.41, 5.74) is 1.53. The van der Waals surface area contributed by atoms with Crippen molar-refractivity contribution in [3.8, 4) is 0 Å². The normalized spacial score (nSPS) is 15.9. The summed E-state index contributed by atoms with van der Waals surface area (Å²) < 4.78 is 0. The summed E-state index contributed by atoms with van der Waals surface area (Å²) in [4.78, 5) is 2.72. The van der Waals surface area contributed by atoms with E-state index in [-0.39, 0.29) is 24.8 Å². The number of nitrogens with zero attached hydrogens (tertiary/aromatic N) is 1. The van der Waals surface area contributed by atoms with Gasteiger partial charge in [0.2, 0.25) is 0 Å². The summed E-state index contributed by atoms with van der Waals surface area (Å²) in [6, 6.07) is 21.3. The van der Waals surface area contributed by atoms with Crippen LogP contribution < -0.4 is 5.32 Å². The molecule has 0 bridgehead atoms. The second kappa shape index (κ2) is 10.2. The Labute approximate surface area is 192 Å². The maximum Gasteiger partial charge on any atom is 0.0355 e. The van der Waals surface area contributed by atoms with E-state index in [0.717, 1.165) is 26.2 Å². The zero-order chi connectivity index (χ0) is 18.9. The van der Waals surface area contributed by atoms with Gasteiger partial charge in [0.15, 0.2) is 0 Å². The number of hydrogen-bond donors (Lipinski definition) is 1. The third-order valence-electron chi connectivity index (χ3n) is 6.59. The fourth-order valence-electron chi connectivity index (χ4n) is 5.16. The lowest BCUT2D eigenvalue weighted by atomic mass is 9.88. The quantitative estimate of drug-likeness (QED) is 0.256. The van der Waals surface area contributed by atoms with E-state index in [9.17, 15) is 0 Å². The number of halogens is 2. The fourth-order valence-corrected chi connectivity index (χ4v) is 5.16. The molecule has 5 rings (SSSR count). The van der Waals surface area contributed by atoms with Crippen molar-refractivity contribution in [3.63, 3.8) is 0 Å². The highest BCUT2D eigenvalue weighted by atomic mass is 35.5. The maximum absolute atomic E-state index is 3.52. The molecule has 0 aliphatic carbocycles. The van der Waals surface area contributed by atoms with Crippen LogP contribution in [0.15, 0.2) is 54.6 Å². The molecule has 0 radical (unpaired) electrons. The molecule has 1 atom stereocenters. The Balaban J connectivity index is 0.00000128. The third-order valence-corrected chi connectivity index (χ3v) is 6.59. The lowest BCUT2D eigenvalue weighted by molar-refractivity contribution is 0.164. The second-order valence-electron chi connectivity index (χ2n) is 8.31. The van der Waals surface area contributed by atoms with Crippen molar-refractivity contribution in [2.24, 2.45) is 0 Å². The number of rotatable bonds is 6. The summed E-state index contributed by atoms with van der Waals surface area (Å²) in [5, 5.41) is 12.0. The molecule has 1 fully saturated rings. The van der Waals surface area contributed by atoms with Gasteiger partial charge >= 0.3 is 0 Å². The van der Waals surface area contributed by atoms with Gasteiger partial charge in [0.1, 0.15) is 0 Å². The van der Waals surface area contributed by atoms with Gasteiger partial charge in [-0.05, 0) is 44.3 Å². The van der Waals surface area contributed by atoms with E-state index in [1.165, 1.54) is 63.6 Å². The van der Waals surface area contributed by atoms with E-state index in [1.807, 2.05) is 0 Å². The van der Waals surface area contributed by atoms with Crippen LogP contribution in [0.5, 0.6) is 0 Å². The molecule has 0 saturated carbocycles. The first kappa shape index (κ1) is 23.1. The van der Waals surface area contributed by atoms with Crippen molar-refractivity contribution < 1.29 is 0 Å². The highest BCUT2D eigenvalue weighted by molar-refractivity contribution is 6.23. The van der Waals surface area contributed by atoms with E-state index in [2.05, 4.69) is 71.7 Å². The van der Waals surface area contributed by atoms with Crippen molar-refractivity contribution in [2.75, 3.05) is 26.2 Å². The van der Waals surface area contributed by atoms with E-state index in [0.29, 0.717) is 6.04 Å². The predicted octanol–water partition coefficient (Wildman–Crippen LogP) is 6.95. The molecular weight excluding hydrogens is 411 g/mol. The molecule has 160 valence electrons. The molecular formula is C26H32Cl2N2. The average Bonchev–Trinajstić information content (AvgIpc) is 2.76. The highest BCUT2D eigenvalue weighted by Crippen LogP contribution is 2.40. The minimum absolute atomic E-state index is 0. The topological polar surface area (TPSA) is 15.3 Å². The molecule has 1 saturated heterocycles. The van der Waals surface area contributed by atoms with E-state index in [1.54, 1.807) is 0 Å². The SMILES string of the molecule is CCCCC[C@@H](c1ccc2ccc3cccc4ccc1c2c34)N1CCNCC1.Cl.Cl. The Morgan fingerprint density at radius 1 is 0.800 bits per heavy atom. The van der Waals surface area contributed by atoms with Gasteiger partial charge in [0.25, 0.3) is 0 Å². The molecule has 4 heteroatoms. The van der Waals surface area contributed by atoms with Gasteiger partial charge in [-0.3, -0.25) is 4.90 Å². The number of benzene rings is 4. The number of piperazine rings is 1. The van der Waals surface area contributed by atoms with Gasteiger partial charge in [0, 0.05) is 32.2 Å². The second-order valence-corrected chi connectivity index (χ2v) is 8.31. The molecule has 1 aliphatic heterocycles. The Bertz CT molecular complexity index is 1070. The fraction of sp³-hybridized carbons (Fsp3) is 0.385. The van der Waals surface area contributed by atoms with Crippen LogP contribution in [0, 0.1) is 0 Å². The summed E-state index contributed by atoms with van der Waals surface area (Å²) in [6.07, 6.45) is 5.19. The molecule has 1 heterocycles. The molecule has 0 unspecified atom stereocenters. The molecule has 4 aromatic rings. The number of hydrogen-bond acceptors (Lipinski definition) is 2. The Hall–Kier alpha value is -1.58. The van der Waals surface area contributed by atoms with Crippen LogP contribution in [0.2, 0.25) is 0 Å². The third kappa shape index (κ3) is 4.11. The van der Waals surface area contributed by atoms with Gasteiger partial charge in [-0.15, -0.1) is 24.8 Å². The Morgan fingerprint density at radius 3 is 2.13 bits per heavy atom. The molecule has 0 spiro atoms. The van der Waals surface area contributed by atoms with Crippen molar-refractivity contribution in [2.45, 2.75) is 38.6 Å². The van der Waals surface area contributed by atoms with Gasteiger partial charge in [-0.25, -0.2) is 0 Å². The van der Waals surface area contributed by atoms with Crippen molar-refractivity contribution in [1.29, 1.82) is 0 Å². The summed E-state index contributed by atoms with van der Waals surface area (Å²) >= 11 is 0. The number of unbranched alkanes of at least 4 members (excludes halogenated alkanes) is 2. The Kier molecular flexibility index (Phi) is 7.81. The van der Waals surface area contributed by atoms with E-state index in [4.69, 9.17) is 0 Å². The van der Waals surface area contributed by atoms with Crippen LogP contribution in [0.3, 0.4) is 0 Å². The molecule has 30 heavy (non-hydrogen) atoms. The van der Waals surface area contributed by atoms with Crippen LogP contribution in [0.25, 0.3) is 32.3 Å². The average molecular weight is 443 g/mol. The van der Waals surface area contributed by atoms with E-state index >= 15 is 0 Å². The molecule has 1 aliphatic rings. The summed E-state index contributed by atoms with van der Waals surface area (Å²) in [7, 11) is 0. The van der Waals surface area contributed by atoms with Crippen LogP contribution >= 0.6 is 24.8 Å². The van der Waals surface area contributed by atoms with Crippen LogP contribution in [-0.2, 0) is 0 Å². The molecule has 4 aromatic carbocycles. The predicted molar refractivity (Wildman–Crippen MR) is 136 cm³/mol. The molecule has 2 nitrogen and oxygen atoms in total. The highest BCUT2D eigenvalue weighted by Gasteiger charge is 2.24. The smallest absolute Gasteiger partial charge is 0.0355 e. The maximum atomic E-state index is 3.52. The van der Waals surface area contributed by atoms with Gasteiger partial charge in [-0.1, -0.05) is 80.8 Å². The first-order valence-electron chi connectivity index (χ1n) is 11.0. The zero-order valence-corrected chi connectivity index (χ0v) is 19.3. The number of nitrogens with one attached hydrogen (secondary N) is 1. The van der Waals surface area contributed by atoms with Crippen molar-refractivity contribution in [3.05, 3.63) is 60.2 Å².